The molecule has 1 aromatic rings. The molecule has 14 heteroatoms. The van der Waals surface area contributed by atoms with E-state index in [0.717, 1.165) is 0 Å². The number of rotatable bonds is 3. The summed E-state index contributed by atoms with van der Waals surface area (Å²) in [7, 11) is -7.42. The van der Waals surface area contributed by atoms with Gasteiger partial charge in [-0.1, -0.05) is 39.0 Å². The highest BCUT2D eigenvalue weighted by molar-refractivity contribution is 14.1. The van der Waals surface area contributed by atoms with E-state index < -0.39 is 33.4 Å². The predicted octanol–water partition coefficient (Wildman–Crippen LogP) is 5.55. The van der Waals surface area contributed by atoms with Gasteiger partial charge in [0.05, 0.1) is 0 Å². The Hall–Kier alpha value is -0.770. The third-order valence-corrected chi connectivity index (χ3v) is 4.94. The first-order valence-corrected chi connectivity index (χ1v) is 9.41. The summed E-state index contributed by atoms with van der Waals surface area (Å²) in [6, 6.07) is 8.53. The minimum atomic E-state index is -7.43. The van der Waals surface area contributed by atoms with Crippen molar-refractivity contribution in [1.29, 1.82) is 0 Å². The molecule has 0 aliphatic rings. The Morgan fingerprint density at radius 3 is 1.46 bits per heavy atom. The fourth-order valence-corrected chi connectivity index (χ4v) is 3.23. The second-order valence-electron chi connectivity index (χ2n) is 6.35. The van der Waals surface area contributed by atoms with Gasteiger partial charge in [-0.2, -0.15) is 39.5 Å². The van der Waals surface area contributed by atoms with Crippen molar-refractivity contribution >= 4 is 32.7 Å². The summed E-state index contributed by atoms with van der Waals surface area (Å²) < 4.78 is 137. The molecule has 1 rings (SSSR count). The van der Waals surface area contributed by atoms with Crippen LogP contribution in [0, 0.1) is 3.57 Å². The Bertz CT molecular complexity index is 784. The zero-order chi connectivity index (χ0) is 23.0. The van der Waals surface area contributed by atoms with Crippen molar-refractivity contribution in [2.24, 2.45) is 0 Å². The van der Waals surface area contributed by atoms with Gasteiger partial charge in [0.1, 0.15) is 0 Å². The van der Waals surface area contributed by atoms with Crippen molar-refractivity contribution in [3.05, 3.63) is 33.4 Å². The van der Waals surface area contributed by atoms with Crippen LogP contribution in [0.3, 0.4) is 0 Å². The van der Waals surface area contributed by atoms with Crippen molar-refractivity contribution in [3.63, 3.8) is 0 Å². The maximum absolute atomic E-state index is 12.2. The molecule has 0 bridgehead atoms. The van der Waals surface area contributed by atoms with Crippen LogP contribution in [-0.4, -0.2) is 36.2 Å². The van der Waals surface area contributed by atoms with Crippen LogP contribution in [-0.2, 0) is 15.5 Å². The van der Waals surface area contributed by atoms with Gasteiger partial charge in [-0.05, 0) is 39.6 Å². The van der Waals surface area contributed by atoms with Crippen LogP contribution in [0.15, 0.2) is 24.3 Å². The van der Waals surface area contributed by atoms with Crippen molar-refractivity contribution < 1.29 is 52.5 Å². The van der Waals surface area contributed by atoms with Crippen LogP contribution >= 0.6 is 22.6 Å². The fraction of sp³-hybridized carbons (Fsp3) is 0.571. The standard InChI is InChI=1S/C10H13I.C4HF9O3S/c1-10(2,3)8-6-4-5-7-9(8)11;5-1(6,3(9,10)11)2(7,8)4(12,13)17(14,15)16/h4-7H,1-3H3;(H,14,15,16)/p-1. The van der Waals surface area contributed by atoms with Crippen molar-refractivity contribution in [2.45, 2.75) is 49.5 Å². The molecule has 28 heavy (non-hydrogen) atoms. The Morgan fingerprint density at radius 1 is 0.821 bits per heavy atom. The van der Waals surface area contributed by atoms with Gasteiger partial charge >= 0.3 is 23.3 Å². The minimum Gasteiger partial charge on any atom is -0.743 e. The molecule has 0 aromatic heterocycles. The van der Waals surface area contributed by atoms with Crippen LogP contribution in [0.25, 0.3) is 0 Å². The quantitative estimate of drug-likeness (QED) is 0.278. The van der Waals surface area contributed by atoms with Crippen LogP contribution in [0.2, 0.25) is 0 Å². The zero-order valence-electron chi connectivity index (χ0n) is 14.2. The van der Waals surface area contributed by atoms with E-state index in [1.807, 2.05) is 0 Å². The van der Waals surface area contributed by atoms with E-state index in [4.69, 9.17) is 0 Å². The minimum absolute atomic E-state index is 0.276. The molecule has 0 amide bonds. The van der Waals surface area contributed by atoms with Gasteiger partial charge in [0.15, 0.2) is 10.1 Å². The Labute approximate surface area is 168 Å². The highest BCUT2D eigenvalue weighted by atomic mass is 127. The van der Waals surface area contributed by atoms with Crippen molar-refractivity contribution in [2.75, 3.05) is 0 Å². The molecule has 0 heterocycles. The topological polar surface area (TPSA) is 57.2 Å². The van der Waals surface area contributed by atoms with Gasteiger partial charge in [0.25, 0.3) is 0 Å². The van der Waals surface area contributed by atoms with E-state index in [9.17, 15) is 52.5 Å². The maximum atomic E-state index is 12.2. The Morgan fingerprint density at radius 2 is 1.21 bits per heavy atom. The van der Waals surface area contributed by atoms with E-state index in [0.29, 0.717) is 0 Å². The monoisotopic (exact) mass is 559 g/mol. The average Bonchev–Trinajstić information content (AvgIpc) is 2.44. The average molecular weight is 559 g/mol. The number of halogens is 10. The molecular formula is C14H13F9IO3S-. The van der Waals surface area contributed by atoms with E-state index >= 15 is 0 Å². The van der Waals surface area contributed by atoms with Crippen LogP contribution < -0.4 is 0 Å². The number of hydrogen-bond donors (Lipinski definition) is 0. The summed E-state index contributed by atoms with van der Waals surface area (Å²) in [4.78, 5) is 0. The summed E-state index contributed by atoms with van der Waals surface area (Å²) in [5.74, 6) is -14.8. The first-order chi connectivity index (χ1) is 12.0. The van der Waals surface area contributed by atoms with E-state index in [-0.39, 0.29) is 5.41 Å². The lowest BCUT2D eigenvalue weighted by atomic mass is 9.87. The van der Waals surface area contributed by atoms with Gasteiger partial charge in [0, 0.05) is 3.57 Å². The van der Waals surface area contributed by atoms with E-state index in [2.05, 4.69) is 67.6 Å². The van der Waals surface area contributed by atoms with Gasteiger partial charge < -0.3 is 4.55 Å². The SMILES string of the molecule is CC(C)(C)c1ccccc1I.O=S(=O)([O-])C(F)(F)C(F)(F)C(F)(F)C(F)(F)F. The summed E-state index contributed by atoms with van der Waals surface area (Å²) in [5, 5.41) is -7.11. The summed E-state index contributed by atoms with van der Waals surface area (Å²) in [6.07, 6.45) is -7.16. The maximum Gasteiger partial charge on any atom is 0.460 e. The number of hydrogen-bond acceptors (Lipinski definition) is 3. The second kappa shape index (κ2) is 8.16. The lowest BCUT2D eigenvalue weighted by molar-refractivity contribution is -0.382. The summed E-state index contributed by atoms with van der Waals surface area (Å²) in [5.41, 5.74) is 1.71. The van der Waals surface area contributed by atoms with Gasteiger partial charge in [-0.25, -0.2) is 8.42 Å². The molecule has 0 atom stereocenters. The third kappa shape index (κ3) is 5.43. The van der Waals surface area contributed by atoms with Crippen LogP contribution in [0.1, 0.15) is 26.3 Å². The van der Waals surface area contributed by atoms with Crippen molar-refractivity contribution in [3.8, 4) is 0 Å². The summed E-state index contributed by atoms with van der Waals surface area (Å²) >= 11 is 2.39. The van der Waals surface area contributed by atoms with Crippen molar-refractivity contribution in [1.82, 2.24) is 0 Å². The molecule has 164 valence electrons. The molecule has 1 aromatic carbocycles. The molecule has 0 N–H and O–H groups in total. The molecule has 0 aliphatic heterocycles. The number of alkyl halides is 9. The second-order valence-corrected chi connectivity index (χ2v) is 8.93. The van der Waals surface area contributed by atoms with E-state index in [1.54, 1.807) is 0 Å². The van der Waals surface area contributed by atoms with Gasteiger partial charge in [-0.15, -0.1) is 0 Å². The lowest BCUT2D eigenvalue weighted by Gasteiger charge is -2.34. The first kappa shape index (κ1) is 27.2. The largest absolute Gasteiger partial charge is 0.743 e. The molecule has 0 radical (unpaired) electrons. The van der Waals surface area contributed by atoms with E-state index in [1.165, 1.54) is 9.13 Å². The summed E-state index contributed by atoms with van der Waals surface area (Å²) in [6.45, 7) is 6.72. The molecular weight excluding hydrogens is 546 g/mol. The van der Waals surface area contributed by atoms with Gasteiger partial charge in [0.2, 0.25) is 0 Å². The normalized spacial score (nSPS) is 14.4. The Kier molecular flexibility index (Phi) is 7.94. The molecule has 0 saturated heterocycles. The molecule has 0 saturated carbocycles. The molecule has 0 unspecified atom stereocenters. The number of benzene rings is 1. The van der Waals surface area contributed by atoms with Gasteiger partial charge in [-0.3, -0.25) is 0 Å². The first-order valence-electron chi connectivity index (χ1n) is 6.92. The smallest absolute Gasteiger partial charge is 0.460 e. The van der Waals surface area contributed by atoms with Crippen LogP contribution in [0.5, 0.6) is 0 Å². The molecule has 0 aliphatic carbocycles. The highest BCUT2D eigenvalue weighted by Gasteiger charge is 2.83. The predicted molar refractivity (Wildman–Crippen MR) is 88.5 cm³/mol. The third-order valence-electron chi connectivity index (χ3n) is 3.11. The van der Waals surface area contributed by atoms with Crippen LogP contribution in [0.4, 0.5) is 39.5 Å². The molecule has 0 spiro atoms. The highest BCUT2D eigenvalue weighted by Crippen LogP contribution is 2.54. The fourth-order valence-electron chi connectivity index (χ4n) is 1.59. The Balaban J connectivity index is 0.000000567. The molecule has 0 fully saturated rings. The lowest BCUT2D eigenvalue weighted by Crippen LogP contribution is -2.63. The molecule has 3 nitrogen and oxygen atoms in total. The zero-order valence-corrected chi connectivity index (χ0v) is 17.2.